The summed E-state index contributed by atoms with van der Waals surface area (Å²) in [5, 5.41) is 0.932. The molecule has 0 radical (unpaired) electrons. The van der Waals surface area contributed by atoms with Gasteiger partial charge in [-0.15, -0.1) is 11.3 Å². The van der Waals surface area contributed by atoms with Crippen LogP contribution in [-0.2, 0) is 27.7 Å². The lowest BCUT2D eigenvalue weighted by atomic mass is 10.2. The third-order valence-corrected chi connectivity index (χ3v) is 6.04. The molecule has 1 aromatic heterocycles. The first-order valence-corrected chi connectivity index (χ1v) is 8.49. The lowest BCUT2D eigenvalue weighted by Gasteiger charge is -2.25. The number of sulfonamides is 1. The summed E-state index contributed by atoms with van der Waals surface area (Å²) in [5.74, 6) is 0.0399. The second-order valence-electron chi connectivity index (χ2n) is 4.65. The van der Waals surface area contributed by atoms with Crippen LogP contribution in [0.5, 0.6) is 0 Å². The van der Waals surface area contributed by atoms with Crippen molar-refractivity contribution < 1.29 is 13.2 Å². The molecule has 0 fully saturated rings. The van der Waals surface area contributed by atoms with Gasteiger partial charge in [0.1, 0.15) is 0 Å². The van der Waals surface area contributed by atoms with E-state index in [9.17, 15) is 8.42 Å². The maximum absolute atomic E-state index is 12.1. The Morgan fingerprint density at radius 2 is 2.21 bits per heavy atom. The first-order chi connectivity index (χ1) is 8.94. The smallest absolute Gasteiger partial charge is 0.216 e. The van der Waals surface area contributed by atoms with Gasteiger partial charge in [0.05, 0.1) is 18.1 Å². The molecule has 0 amide bonds. The van der Waals surface area contributed by atoms with Crippen molar-refractivity contribution >= 4 is 26.5 Å². The van der Waals surface area contributed by atoms with Crippen LogP contribution in [0.15, 0.2) is 0 Å². The van der Waals surface area contributed by atoms with E-state index in [2.05, 4.69) is 4.98 Å². The summed E-state index contributed by atoms with van der Waals surface area (Å²) >= 11 is 1.56. The predicted molar refractivity (Wildman–Crippen MR) is 76.2 cm³/mol. The molecule has 0 atom stereocenters. The highest BCUT2D eigenvalue weighted by Gasteiger charge is 2.28. The van der Waals surface area contributed by atoms with Crippen molar-refractivity contribution in [3.05, 3.63) is 10.6 Å². The van der Waals surface area contributed by atoms with Crippen molar-refractivity contribution in [2.75, 3.05) is 45.0 Å². The Hall–Kier alpha value is -0.700. The third kappa shape index (κ3) is 3.25. The van der Waals surface area contributed by atoms with Crippen LogP contribution in [0.1, 0.15) is 10.6 Å². The minimum absolute atomic E-state index is 0.0399. The van der Waals surface area contributed by atoms with Crippen LogP contribution in [0.25, 0.3) is 0 Å². The van der Waals surface area contributed by atoms with Gasteiger partial charge in [-0.25, -0.2) is 13.4 Å². The van der Waals surface area contributed by atoms with Crippen molar-refractivity contribution in [2.45, 2.75) is 13.0 Å². The largest absolute Gasteiger partial charge is 0.384 e. The monoisotopic (exact) mass is 305 g/mol. The van der Waals surface area contributed by atoms with Crippen molar-refractivity contribution in [2.24, 2.45) is 0 Å². The van der Waals surface area contributed by atoms with Gasteiger partial charge in [-0.3, -0.25) is 0 Å². The van der Waals surface area contributed by atoms with Crippen molar-refractivity contribution in [1.29, 1.82) is 0 Å². The van der Waals surface area contributed by atoms with E-state index in [-0.39, 0.29) is 12.4 Å². The van der Waals surface area contributed by atoms with Crippen molar-refractivity contribution in [3.8, 4) is 0 Å². The Kier molecular flexibility index (Phi) is 4.44. The second-order valence-corrected chi connectivity index (χ2v) is 7.80. The molecule has 1 aliphatic heterocycles. The van der Waals surface area contributed by atoms with Gasteiger partial charge in [-0.1, -0.05) is 0 Å². The fraction of sp³-hybridized carbons (Fsp3) is 0.727. The van der Waals surface area contributed by atoms with Crippen LogP contribution < -0.4 is 4.90 Å². The number of hydrogen-bond acceptors (Lipinski definition) is 6. The van der Waals surface area contributed by atoms with Crippen molar-refractivity contribution in [1.82, 2.24) is 9.29 Å². The molecule has 1 aliphatic rings. The quantitative estimate of drug-likeness (QED) is 0.795. The van der Waals surface area contributed by atoms with Crippen LogP contribution in [-0.4, -0.2) is 57.8 Å². The number of aromatic nitrogens is 1. The molecule has 6 nitrogen and oxygen atoms in total. The number of methoxy groups -OCH3 is 1. The van der Waals surface area contributed by atoms with Crippen LogP contribution in [0.2, 0.25) is 0 Å². The predicted octanol–water partition coefficient (Wildman–Crippen LogP) is 0.543. The first kappa shape index (κ1) is 14.7. The van der Waals surface area contributed by atoms with Gasteiger partial charge in [0.2, 0.25) is 10.0 Å². The molecular weight excluding hydrogens is 286 g/mol. The molecule has 0 spiro atoms. The molecule has 19 heavy (non-hydrogen) atoms. The summed E-state index contributed by atoms with van der Waals surface area (Å²) in [6, 6.07) is 0. The first-order valence-electron chi connectivity index (χ1n) is 6.06. The highest BCUT2D eigenvalue weighted by Crippen LogP contribution is 2.30. The topological polar surface area (TPSA) is 62.7 Å². The van der Waals surface area contributed by atoms with E-state index in [0.717, 1.165) is 15.7 Å². The molecule has 108 valence electrons. The highest BCUT2D eigenvalue weighted by molar-refractivity contribution is 7.89. The average Bonchev–Trinajstić information content (AvgIpc) is 2.79. The molecule has 8 heteroatoms. The van der Waals surface area contributed by atoms with E-state index in [0.29, 0.717) is 19.5 Å². The molecule has 0 aliphatic carbocycles. The minimum Gasteiger partial charge on any atom is -0.384 e. The Balaban J connectivity index is 2.13. The maximum Gasteiger partial charge on any atom is 0.216 e. The number of nitrogens with zero attached hydrogens (tertiary/aromatic N) is 3. The lowest BCUT2D eigenvalue weighted by molar-refractivity contribution is 0.215. The van der Waals surface area contributed by atoms with Gasteiger partial charge >= 0.3 is 0 Å². The number of ether oxygens (including phenoxy) is 1. The summed E-state index contributed by atoms with van der Waals surface area (Å²) in [5.41, 5.74) is 1.03. The van der Waals surface area contributed by atoms with Crippen LogP contribution >= 0.6 is 11.3 Å². The van der Waals surface area contributed by atoms with E-state index in [1.807, 2.05) is 19.0 Å². The van der Waals surface area contributed by atoms with E-state index < -0.39 is 10.0 Å². The van der Waals surface area contributed by atoms with Crippen LogP contribution in [0.3, 0.4) is 0 Å². The number of fused-ring (bicyclic) bond motifs is 1. The van der Waals surface area contributed by atoms with Gasteiger partial charge in [0, 0.05) is 45.6 Å². The van der Waals surface area contributed by atoms with Gasteiger partial charge in [0.15, 0.2) is 5.13 Å². The highest BCUT2D eigenvalue weighted by atomic mass is 32.2. The Bertz CT molecular complexity index is 539. The summed E-state index contributed by atoms with van der Waals surface area (Å²) in [6.07, 6.45) is 0.686. The minimum atomic E-state index is -3.23. The molecule has 2 rings (SSSR count). The third-order valence-electron chi connectivity index (χ3n) is 3.01. The van der Waals surface area contributed by atoms with Gasteiger partial charge in [-0.2, -0.15) is 4.31 Å². The Labute approximate surface area is 118 Å². The standard InChI is InChI=1S/C11H19N3O3S2/c1-13(2)11-12-9-4-5-14(8-10(9)18-11)19(15,16)7-6-17-3/h4-8H2,1-3H3. The summed E-state index contributed by atoms with van der Waals surface area (Å²) < 4.78 is 30.6. The fourth-order valence-corrected chi connectivity index (χ4v) is 4.36. The van der Waals surface area contributed by atoms with Gasteiger partial charge in [0.25, 0.3) is 0 Å². The molecule has 0 bridgehead atoms. The van der Waals surface area contributed by atoms with Gasteiger partial charge in [-0.05, 0) is 0 Å². The molecular formula is C11H19N3O3S2. The Morgan fingerprint density at radius 1 is 1.47 bits per heavy atom. The second kappa shape index (κ2) is 5.74. The summed E-state index contributed by atoms with van der Waals surface area (Å²) in [6.45, 7) is 1.18. The fourth-order valence-electron chi connectivity index (χ4n) is 1.90. The Morgan fingerprint density at radius 3 is 2.84 bits per heavy atom. The van der Waals surface area contributed by atoms with E-state index in [4.69, 9.17) is 4.74 Å². The molecule has 0 saturated heterocycles. The lowest BCUT2D eigenvalue weighted by Crippen LogP contribution is -2.37. The zero-order chi connectivity index (χ0) is 14.0. The number of thiazole rings is 1. The summed E-state index contributed by atoms with van der Waals surface area (Å²) in [4.78, 5) is 7.53. The van der Waals surface area contributed by atoms with E-state index in [1.54, 1.807) is 11.3 Å². The molecule has 0 aromatic carbocycles. The SMILES string of the molecule is COCCS(=O)(=O)N1CCc2nc(N(C)C)sc2C1. The molecule has 0 saturated carbocycles. The number of rotatable bonds is 5. The van der Waals surface area contributed by atoms with Gasteiger partial charge < -0.3 is 9.64 Å². The molecule has 0 N–H and O–H groups in total. The number of anilines is 1. The zero-order valence-electron chi connectivity index (χ0n) is 11.4. The normalized spacial score (nSPS) is 16.4. The maximum atomic E-state index is 12.1. The number of hydrogen-bond donors (Lipinski definition) is 0. The summed E-state index contributed by atoms with van der Waals surface area (Å²) in [7, 11) is 2.17. The zero-order valence-corrected chi connectivity index (χ0v) is 13.1. The van der Waals surface area contributed by atoms with E-state index in [1.165, 1.54) is 11.4 Å². The molecule has 2 heterocycles. The molecule has 1 aromatic rings. The van der Waals surface area contributed by atoms with Crippen LogP contribution in [0.4, 0.5) is 5.13 Å². The van der Waals surface area contributed by atoms with Crippen molar-refractivity contribution in [3.63, 3.8) is 0 Å². The molecule has 0 unspecified atom stereocenters. The average molecular weight is 305 g/mol. The van der Waals surface area contributed by atoms with E-state index >= 15 is 0 Å². The van der Waals surface area contributed by atoms with Crippen LogP contribution in [0, 0.1) is 0 Å².